The molecule has 0 unspecified atom stereocenters. The van der Waals surface area contributed by atoms with Crippen LogP contribution in [0, 0.1) is 13.8 Å². The van der Waals surface area contributed by atoms with E-state index in [1.54, 1.807) is 24.3 Å². The summed E-state index contributed by atoms with van der Waals surface area (Å²) in [5.41, 5.74) is 7.18. The van der Waals surface area contributed by atoms with Crippen molar-refractivity contribution in [3.8, 4) is 11.5 Å². The molecule has 0 spiro atoms. The van der Waals surface area contributed by atoms with Crippen LogP contribution in [0.1, 0.15) is 28.4 Å². The zero-order chi connectivity index (χ0) is 18.2. The van der Waals surface area contributed by atoms with E-state index in [-0.39, 0.29) is 6.61 Å². The third-order valence-corrected chi connectivity index (χ3v) is 3.29. The zero-order valence-corrected chi connectivity index (χ0v) is 14.6. The number of rotatable bonds is 6. The van der Waals surface area contributed by atoms with Crippen molar-refractivity contribution < 1.29 is 19.1 Å². The molecule has 0 radical (unpaired) electrons. The lowest BCUT2D eigenvalue weighted by Gasteiger charge is -2.10. The highest BCUT2D eigenvalue weighted by molar-refractivity contribution is 5.95. The van der Waals surface area contributed by atoms with Crippen molar-refractivity contribution in [2.24, 2.45) is 0 Å². The van der Waals surface area contributed by atoms with Gasteiger partial charge in [-0.1, -0.05) is 12.1 Å². The van der Waals surface area contributed by atoms with Crippen molar-refractivity contribution >= 4 is 11.8 Å². The van der Waals surface area contributed by atoms with Gasteiger partial charge in [-0.2, -0.15) is 0 Å². The zero-order valence-electron chi connectivity index (χ0n) is 14.6. The summed E-state index contributed by atoms with van der Waals surface area (Å²) in [6.45, 7) is 6.09. The Kier molecular flexibility index (Phi) is 6.39. The van der Waals surface area contributed by atoms with E-state index in [9.17, 15) is 9.59 Å². The van der Waals surface area contributed by atoms with Crippen molar-refractivity contribution in [3.63, 3.8) is 0 Å². The highest BCUT2D eigenvalue weighted by Crippen LogP contribution is 2.16. The number of hydrogen-bond donors (Lipinski definition) is 2. The summed E-state index contributed by atoms with van der Waals surface area (Å²) in [5.74, 6) is 0.331. The van der Waals surface area contributed by atoms with Gasteiger partial charge in [0.25, 0.3) is 11.8 Å². The second-order valence-corrected chi connectivity index (χ2v) is 5.58. The van der Waals surface area contributed by atoms with Crippen LogP contribution in [-0.2, 0) is 4.79 Å². The van der Waals surface area contributed by atoms with Gasteiger partial charge in [0, 0.05) is 5.56 Å². The highest BCUT2D eigenvalue weighted by atomic mass is 16.5. The molecule has 6 heteroatoms. The van der Waals surface area contributed by atoms with Crippen LogP contribution >= 0.6 is 0 Å². The number of benzene rings is 2. The van der Waals surface area contributed by atoms with Crippen LogP contribution in [0.5, 0.6) is 11.5 Å². The molecule has 2 amide bonds. The van der Waals surface area contributed by atoms with Crippen molar-refractivity contribution in [1.82, 2.24) is 10.9 Å². The largest absolute Gasteiger partial charge is 0.494 e. The van der Waals surface area contributed by atoms with E-state index in [1.165, 1.54) is 0 Å². The molecule has 6 nitrogen and oxygen atoms in total. The number of hydrazine groups is 1. The van der Waals surface area contributed by atoms with Crippen LogP contribution in [0.2, 0.25) is 0 Å². The van der Waals surface area contributed by atoms with E-state index >= 15 is 0 Å². The van der Waals surface area contributed by atoms with E-state index in [1.807, 2.05) is 39.0 Å². The minimum Gasteiger partial charge on any atom is -0.494 e. The second-order valence-electron chi connectivity index (χ2n) is 5.58. The molecule has 2 N–H and O–H groups in total. The third-order valence-electron chi connectivity index (χ3n) is 3.29. The van der Waals surface area contributed by atoms with Crippen LogP contribution in [0.3, 0.4) is 0 Å². The summed E-state index contributed by atoms with van der Waals surface area (Å²) in [6.07, 6.45) is 0. The molecule has 2 rings (SSSR count). The van der Waals surface area contributed by atoms with Crippen LogP contribution in [0.25, 0.3) is 0 Å². The molecule has 0 aliphatic carbocycles. The first-order chi connectivity index (χ1) is 12.0. The summed E-state index contributed by atoms with van der Waals surface area (Å²) < 4.78 is 10.8. The molecule has 0 heterocycles. The first-order valence-corrected chi connectivity index (χ1v) is 8.01. The maximum atomic E-state index is 12.0. The number of carbonyl (C=O) groups excluding carboxylic acids is 2. The van der Waals surface area contributed by atoms with Crippen molar-refractivity contribution in [2.75, 3.05) is 13.2 Å². The molecular weight excluding hydrogens is 320 g/mol. The molecule has 0 saturated carbocycles. The highest BCUT2D eigenvalue weighted by Gasteiger charge is 2.09. The molecule has 0 aliphatic rings. The van der Waals surface area contributed by atoms with Gasteiger partial charge in [-0.15, -0.1) is 0 Å². The van der Waals surface area contributed by atoms with Crippen LogP contribution in [0.15, 0.2) is 42.5 Å². The average molecular weight is 342 g/mol. The Labute approximate surface area is 147 Å². The quantitative estimate of drug-likeness (QED) is 0.791. The van der Waals surface area contributed by atoms with Crippen molar-refractivity contribution in [1.29, 1.82) is 0 Å². The summed E-state index contributed by atoms with van der Waals surface area (Å²) in [5, 5.41) is 0. The Morgan fingerprint density at radius 2 is 1.64 bits per heavy atom. The van der Waals surface area contributed by atoms with E-state index in [0.717, 1.165) is 11.1 Å². The molecule has 2 aromatic carbocycles. The van der Waals surface area contributed by atoms with Crippen molar-refractivity contribution in [2.45, 2.75) is 20.8 Å². The Morgan fingerprint density at radius 1 is 0.920 bits per heavy atom. The molecule has 0 atom stereocenters. The average Bonchev–Trinajstić information content (AvgIpc) is 2.57. The number of ether oxygens (including phenoxy) is 2. The summed E-state index contributed by atoms with van der Waals surface area (Å²) in [6, 6.07) is 12.4. The molecule has 0 bridgehead atoms. The Hall–Kier alpha value is -3.02. The molecule has 0 aliphatic heterocycles. The van der Waals surface area contributed by atoms with Crippen LogP contribution in [-0.4, -0.2) is 25.0 Å². The third kappa shape index (κ3) is 5.84. The lowest BCUT2D eigenvalue weighted by molar-refractivity contribution is -0.123. The van der Waals surface area contributed by atoms with Crippen LogP contribution < -0.4 is 20.3 Å². The van der Waals surface area contributed by atoms with Gasteiger partial charge in [0.15, 0.2) is 6.61 Å². The molecule has 25 heavy (non-hydrogen) atoms. The van der Waals surface area contributed by atoms with E-state index < -0.39 is 11.8 Å². The fraction of sp³-hybridized carbons (Fsp3) is 0.263. The number of nitrogens with one attached hydrogen (secondary N) is 2. The molecule has 0 aromatic heterocycles. The molecule has 0 saturated heterocycles. The summed E-state index contributed by atoms with van der Waals surface area (Å²) in [7, 11) is 0. The maximum Gasteiger partial charge on any atom is 0.276 e. The monoisotopic (exact) mass is 342 g/mol. The number of aryl methyl sites for hydroxylation is 2. The lowest BCUT2D eigenvalue weighted by atomic mass is 10.1. The second kappa shape index (κ2) is 8.73. The molecule has 132 valence electrons. The first kappa shape index (κ1) is 18.3. The van der Waals surface area contributed by atoms with E-state index in [0.29, 0.717) is 23.7 Å². The van der Waals surface area contributed by atoms with Crippen LogP contribution in [0.4, 0.5) is 0 Å². The Morgan fingerprint density at radius 3 is 2.32 bits per heavy atom. The van der Waals surface area contributed by atoms with Gasteiger partial charge in [-0.25, -0.2) is 0 Å². The maximum absolute atomic E-state index is 12.0. The minimum absolute atomic E-state index is 0.192. The normalized spacial score (nSPS) is 10.0. The number of hydrogen-bond acceptors (Lipinski definition) is 4. The van der Waals surface area contributed by atoms with E-state index in [4.69, 9.17) is 9.47 Å². The van der Waals surface area contributed by atoms with Gasteiger partial charge in [0.1, 0.15) is 11.5 Å². The smallest absolute Gasteiger partial charge is 0.276 e. The van der Waals surface area contributed by atoms with Gasteiger partial charge < -0.3 is 9.47 Å². The van der Waals surface area contributed by atoms with E-state index in [2.05, 4.69) is 10.9 Å². The molecular formula is C19H22N2O4. The topological polar surface area (TPSA) is 76.7 Å². The van der Waals surface area contributed by atoms with Gasteiger partial charge in [0.2, 0.25) is 0 Å². The van der Waals surface area contributed by atoms with Gasteiger partial charge in [-0.05, 0) is 62.2 Å². The molecule has 2 aromatic rings. The van der Waals surface area contributed by atoms with Gasteiger partial charge in [0.05, 0.1) is 6.61 Å². The SMILES string of the molecule is CCOc1cccc(C(=O)NNC(=O)COc2cc(C)cc(C)c2)c1. The summed E-state index contributed by atoms with van der Waals surface area (Å²) >= 11 is 0. The fourth-order valence-electron chi connectivity index (χ4n) is 2.29. The Bertz CT molecular complexity index is 739. The predicted octanol–water partition coefficient (Wildman–Crippen LogP) is 2.54. The lowest BCUT2D eigenvalue weighted by Crippen LogP contribution is -2.43. The minimum atomic E-state index is -0.450. The predicted molar refractivity (Wildman–Crippen MR) is 94.6 cm³/mol. The number of amides is 2. The molecule has 0 fully saturated rings. The van der Waals surface area contributed by atoms with Gasteiger partial charge >= 0.3 is 0 Å². The first-order valence-electron chi connectivity index (χ1n) is 8.01. The fourth-order valence-corrected chi connectivity index (χ4v) is 2.29. The summed E-state index contributed by atoms with van der Waals surface area (Å²) in [4.78, 5) is 23.9. The van der Waals surface area contributed by atoms with Crippen molar-refractivity contribution in [3.05, 3.63) is 59.2 Å². The van der Waals surface area contributed by atoms with Gasteiger partial charge in [-0.3, -0.25) is 20.4 Å². The Balaban J connectivity index is 1.83. The standard InChI is InChI=1S/C19H22N2O4/c1-4-24-16-7-5-6-15(11-16)19(23)21-20-18(22)12-25-17-9-13(2)8-14(3)10-17/h5-11H,4,12H2,1-3H3,(H,20,22)(H,21,23). The number of carbonyl (C=O) groups is 2.